The first kappa shape index (κ1) is 22.5. The Morgan fingerprint density at radius 1 is 0.435 bits per heavy atom. The van der Waals surface area contributed by atoms with E-state index in [1.54, 1.807) is 0 Å². The highest BCUT2D eigenvalue weighted by Crippen LogP contribution is 2.11. The van der Waals surface area contributed by atoms with Crippen molar-refractivity contribution in [2.24, 2.45) is 0 Å². The van der Waals surface area contributed by atoms with Gasteiger partial charge in [-0.15, -0.1) is 0 Å². The van der Waals surface area contributed by atoms with Crippen molar-refractivity contribution in [3.8, 4) is 0 Å². The Morgan fingerprint density at radius 2 is 0.913 bits per heavy atom. The fourth-order valence-corrected chi connectivity index (χ4v) is 2.77. The van der Waals surface area contributed by atoms with Gasteiger partial charge in [-0.3, -0.25) is 0 Å². The van der Waals surface area contributed by atoms with Gasteiger partial charge in [-0.25, -0.2) is 0 Å². The number of allylic oxidation sites excluding steroid dienone is 4. The molecule has 0 N–H and O–H groups in total. The van der Waals surface area contributed by atoms with E-state index in [2.05, 4.69) is 44.6 Å². The number of hydrogen-bond acceptors (Lipinski definition) is 0. The van der Waals surface area contributed by atoms with Gasteiger partial charge in [0, 0.05) is 0 Å². The minimum atomic E-state index is 1.13. The Hall–Kier alpha value is -0.520. The lowest BCUT2D eigenvalue weighted by Gasteiger charge is -2.01. The van der Waals surface area contributed by atoms with E-state index in [4.69, 9.17) is 0 Å². The predicted octanol–water partition coefficient (Wildman–Crippen LogP) is 8.58. The summed E-state index contributed by atoms with van der Waals surface area (Å²) in [5, 5.41) is 0. The molecule has 0 aromatic carbocycles. The van der Waals surface area contributed by atoms with Crippen LogP contribution in [0.1, 0.15) is 117 Å². The van der Waals surface area contributed by atoms with E-state index in [1.165, 1.54) is 96.3 Å². The van der Waals surface area contributed by atoms with Crippen molar-refractivity contribution >= 4 is 0 Å². The average Bonchev–Trinajstić information content (AvgIpc) is 2.57. The first-order valence-corrected chi connectivity index (χ1v) is 10.5. The van der Waals surface area contributed by atoms with Gasteiger partial charge in [0.15, 0.2) is 0 Å². The highest BCUT2D eigenvalue weighted by Gasteiger charge is 1.92. The monoisotopic (exact) mass is 319 g/mol. The van der Waals surface area contributed by atoms with E-state index in [1.807, 2.05) is 0 Å². The molecule has 0 saturated carbocycles. The quantitative estimate of drug-likeness (QED) is 0.175. The van der Waals surface area contributed by atoms with E-state index in [-0.39, 0.29) is 0 Å². The summed E-state index contributed by atoms with van der Waals surface area (Å²) in [6.07, 6.45) is 33.5. The van der Waals surface area contributed by atoms with Gasteiger partial charge in [0.25, 0.3) is 0 Å². The topological polar surface area (TPSA) is 0 Å². The molecule has 0 rings (SSSR count). The van der Waals surface area contributed by atoms with Gasteiger partial charge in [-0.2, -0.15) is 0 Å². The molecule has 0 aliphatic heterocycles. The lowest BCUT2D eigenvalue weighted by Crippen LogP contribution is -1.82. The summed E-state index contributed by atoms with van der Waals surface area (Å²) in [6.45, 7) is 4.54. The standard InChI is InChI=1S/C23H43/c1-3-5-7-9-11-13-15-17-19-21-23-22-20-18-16-14-12-10-8-6-4-2/h9,12,14,18,20H,3-8,10-11,13,15-17,19,21-23H2,1-2H3/b14-12-,20-18-. The van der Waals surface area contributed by atoms with Gasteiger partial charge in [-0.05, 0) is 38.5 Å². The highest BCUT2D eigenvalue weighted by atomic mass is 14.0. The van der Waals surface area contributed by atoms with Crippen LogP contribution in [-0.4, -0.2) is 0 Å². The summed E-state index contributed by atoms with van der Waals surface area (Å²) in [6, 6.07) is 0. The van der Waals surface area contributed by atoms with Crippen molar-refractivity contribution in [2.75, 3.05) is 0 Å². The summed E-state index contributed by atoms with van der Waals surface area (Å²) in [7, 11) is 0. The molecule has 0 atom stereocenters. The molecule has 0 aliphatic rings. The fourth-order valence-electron chi connectivity index (χ4n) is 2.77. The number of hydrogen-bond donors (Lipinski definition) is 0. The smallest absolute Gasteiger partial charge is 0.0169 e. The fraction of sp³-hybridized carbons (Fsp3) is 0.783. The molecular formula is C23H43. The summed E-state index contributed by atoms with van der Waals surface area (Å²) in [4.78, 5) is 0. The van der Waals surface area contributed by atoms with Crippen molar-refractivity contribution < 1.29 is 0 Å². The van der Waals surface area contributed by atoms with Crippen LogP contribution >= 0.6 is 0 Å². The molecule has 0 aromatic rings. The molecule has 0 nitrogen and oxygen atoms in total. The van der Waals surface area contributed by atoms with E-state index in [0.29, 0.717) is 0 Å². The second-order valence-electron chi connectivity index (χ2n) is 6.80. The van der Waals surface area contributed by atoms with Crippen LogP contribution in [0.15, 0.2) is 24.3 Å². The summed E-state index contributed by atoms with van der Waals surface area (Å²) >= 11 is 0. The Bertz CT molecular complexity index is 249. The molecule has 0 bridgehead atoms. The number of unbranched alkanes of at least 4 members (excludes halogenated alkanes) is 14. The molecule has 0 aromatic heterocycles. The highest BCUT2D eigenvalue weighted by molar-refractivity contribution is 4.92. The van der Waals surface area contributed by atoms with E-state index in [9.17, 15) is 0 Å². The van der Waals surface area contributed by atoms with Gasteiger partial charge in [-0.1, -0.05) is 109 Å². The van der Waals surface area contributed by atoms with Crippen molar-refractivity contribution in [2.45, 2.75) is 117 Å². The molecule has 0 aliphatic carbocycles. The van der Waals surface area contributed by atoms with Gasteiger partial charge >= 0.3 is 0 Å². The molecule has 0 saturated heterocycles. The lowest BCUT2D eigenvalue weighted by molar-refractivity contribution is 0.588. The average molecular weight is 320 g/mol. The summed E-state index contributed by atoms with van der Waals surface area (Å²) in [5.41, 5.74) is 0. The molecule has 0 heteroatoms. The second kappa shape index (κ2) is 21.5. The Balaban J connectivity index is 3.10. The first-order chi connectivity index (χ1) is 11.4. The van der Waals surface area contributed by atoms with E-state index >= 15 is 0 Å². The predicted molar refractivity (Wildman–Crippen MR) is 108 cm³/mol. The van der Waals surface area contributed by atoms with Crippen LogP contribution in [0.4, 0.5) is 0 Å². The van der Waals surface area contributed by atoms with E-state index < -0.39 is 0 Å². The van der Waals surface area contributed by atoms with Crippen molar-refractivity contribution in [1.29, 1.82) is 0 Å². The van der Waals surface area contributed by atoms with Crippen LogP contribution in [0.25, 0.3) is 0 Å². The van der Waals surface area contributed by atoms with E-state index in [0.717, 1.165) is 6.42 Å². The Labute approximate surface area is 147 Å². The van der Waals surface area contributed by atoms with Crippen LogP contribution in [-0.2, 0) is 0 Å². The maximum absolute atomic E-state index is 2.49. The normalized spacial score (nSPS) is 11.9. The second-order valence-corrected chi connectivity index (χ2v) is 6.80. The third kappa shape index (κ3) is 21.5. The zero-order valence-electron chi connectivity index (χ0n) is 16.2. The van der Waals surface area contributed by atoms with Gasteiger partial charge < -0.3 is 0 Å². The molecule has 1 radical (unpaired) electrons. The maximum atomic E-state index is 2.49. The molecule has 0 fully saturated rings. The summed E-state index contributed by atoms with van der Waals surface area (Å²) < 4.78 is 0. The number of rotatable bonds is 18. The zero-order valence-corrected chi connectivity index (χ0v) is 16.2. The summed E-state index contributed by atoms with van der Waals surface area (Å²) in [5.74, 6) is 0. The van der Waals surface area contributed by atoms with Crippen LogP contribution in [0.2, 0.25) is 0 Å². The van der Waals surface area contributed by atoms with Gasteiger partial charge in [0.1, 0.15) is 0 Å². The minimum Gasteiger partial charge on any atom is -0.0882 e. The lowest BCUT2D eigenvalue weighted by atomic mass is 10.1. The molecule has 135 valence electrons. The third-order valence-corrected chi connectivity index (χ3v) is 4.37. The molecule has 0 unspecified atom stereocenters. The van der Waals surface area contributed by atoms with Crippen LogP contribution in [0.5, 0.6) is 0 Å². The van der Waals surface area contributed by atoms with Crippen molar-refractivity contribution in [3.63, 3.8) is 0 Å². The first-order valence-electron chi connectivity index (χ1n) is 10.5. The van der Waals surface area contributed by atoms with Gasteiger partial charge in [0.05, 0.1) is 0 Å². The van der Waals surface area contributed by atoms with Crippen LogP contribution in [0, 0.1) is 6.42 Å². The van der Waals surface area contributed by atoms with Crippen LogP contribution in [0.3, 0.4) is 0 Å². The van der Waals surface area contributed by atoms with Crippen molar-refractivity contribution in [3.05, 3.63) is 30.7 Å². The Kier molecular flexibility index (Phi) is 21.0. The molecule has 0 heterocycles. The van der Waals surface area contributed by atoms with Gasteiger partial charge in [0.2, 0.25) is 0 Å². The molecule has 23 heavy (non-hydrogen) atoms. The van der Waals surface area contributed by atoms with Crippen molar-refractivity contribution in [1.82, 2.24) is 0 Å². The molecule has 0 spiro atoms. The van der Waals surface area contributed by atoms with Crippen LogP contribution < -0.4 is 0 Å². The SMILES string of the molecule is CCCC[CH]CCCCCCCC/C=C\C/C=C\CCCCC. The molecular weight excluding hydrogens is 276 g/mol. The zero-order chi connectivity index (χ0) is 16.8. The third-order valence-electron chi connectivity index (χ3n) is 4.37. The minimum absolute atomic E-state index is 1.13. The largest absolute Gasteiger partial charge is 0.0882 e. The maximum Gasteiger partial charge on any atom is -0.0169 e. The molecule has 0 amide bonds. The Morgan fingerprint density at radius 3 is 1.52 bits per heavy atom.